The number of rotatable bonds is 4. The zero-order valence-corrected chi connectivity index (χ0v) is 15.4. The van der Waals surface area contributed by atoms with Gasteiger partial charge in [-0.25, -0.2) is 19.3 Å². The van der Waals surface area contributed by atoms with Crippen LogP contribution in [0, 0.1) is 5.82 Å². The largest absolute Gasteiger partial charge is 0.323 e. The summed E-state index contributed by atoms with van der Waals surface area (Å²) in [5, 5.41) is 4.09. The van der Waals surface area contributed by atoms with Crippen LogP contribution < -0.4 is 5.32 Å². The van der Waals surface area contributed by atoms with Gasteiger partial charge in [0.1, 0.15) is 5.82 Å². The number of nitrogens with one attached hydrogen (secondary N) is 1. The van der Waals surface area contributed by atoms with Crippen molar-refractivity contribution in [2.75, 3.05) is 12.4 Å². The molecule has 0 aromatic heterocycles. The SMILES string of the molecule is CN1OC(C)(CC(=O)Nc2ccccc2F)N=C1c1cccc(Br)c1. The van der Waals surface area contributed by atoms with Crippen LogP contribution >= 0.6 is 15.9 Å². The van der Waals surface area contributed by atoms with Gasteiger partial charge in [-0.3, -0.25) is 4.79 Å². The van der Waals surface area contributed by atoms with E-state index in [1.807, 2.05) is 24.3 Å². The molecule has 0 radical (unpaired) electrons. The zero-order valence-electron chi connectivity index (χ0n) is 13.8. The van der Waals surface area contributed by atoms with Crippen LogP contribution in [0.5, 0.6) is 0 Å². The summed E-state index contributed by atoms with van der Waals surface area (Å²) in [4.78, 5) is 22.6. The van der Waals surface area contributed by atoms with Gasteiger partial charge in [0.15, 0.2) is 11.6 Å². The Hall–Kier alpha value is -2.25. The number of hydrogen-bond acceptors (Lipinski definition) is 4. The number of hydrogen-bond donors (Lipinski definition) is 1. The summed E-state index contributed by atoms with van der Waals surface area (Å²) in [5.41, 5.74) is -0.0457. The summed E-state index contributed by atoms with van der Waals surface area (Å²) in [6.07, 6.45) is -0.0385. The molecule has 1 aliphatic rings. The molecule has 1 aliphatic heterocycles. The number of halogens is 2. The van der Waals surface area contributed by atoms with E-state index in [0.717, 1.165) is 10.0 Å². The van der Waals surface area contributed by atoms with E-state index in [-0.39, 0.29) is 18.0 Å². The summed E-state index contributed by atoms with van der Waals surface area (Å²) in [7, 11) is 1.74. The zero-order chi connectivity index (χ0) is 18.0. The van der Waals surface area contributed by atoms with Crippen molar-refractivity contribution in [3.63, 3.8) is 0 Å². The van der Waals surface area contributed by atoms with Crippen LogP contribution in [0.1, 0.15) is 18.9 Å². The maximum Gasteiger partial charge on any atom is 0.229 e. The molecule has 1 N–H and O–H groups in total. The van der Waals surface area contributed by atoms with Gasteiger partial charge < -0.3 is 5.32 Å². The molecular weight excluding hydrogens is 389 g/mol. The highest BCUT2D eigenvalue weighted by Gasteiger charge is 2.38. The first-order valence-electron chi connectivity index (χ1n) is 7.69. The van der Waals surface area contributed by atoms with Gasteiger partial charge in [0, 0.05) is 17.1 Å². The molecule has 1 unspecified atom stereocenters. The molecule has 5 nitrogen and oxygen atoms in total. The quantitative estimate of drug-likeness (QED) is 0.837. The average Bonchev–Trinajstić information content (AvgIpc) is 2.84. The minimum Gasteiger partial charge on any atom is -0.323 e. The molecule has 1 amide bonds. The van der Waals surface area contributed by atoms with E-state index in [9.17, 15) is 9.18 Å². The number of carbonyl (C=O) groups is 1. The molecule has 0 fully saturated rings. The normalized spacial score (nSPS) is 19.7. The van der Waals surface area contributed by atoms with E-state index < -0.39 is 11.5 Å². The number of carbonyl (C=O) groups excluding carboxylic acids is 1. The lowest BCUT2D eigenvalue weighted by molar-refractivity contribution is -0.164. The predicted molar refractivity (Wildman–Crippen MR) is 97.6 cm³/mol. The summed E-state index contributed by atoms with van der Waals surface area (Å²) in [6.45, 7) is 1.72. The Balaban J connectivity index is 1.76. The lowest BCUT2D eigenvalue weighted by atomic mass is 10.1. The van der Waals surface area contributed by atoms with Crippen LogP contribution in [0.4, 0.5) is 10.1 Å². The average molecular weight is 406 g/mol. The van der Waals surface area contributed by atoms with Crippen molar-refractivity contribution in [1.82, 2.24) is 5.06 Å². The summed E-state index contributed by atoms with van der Waals surface area (Å²) < 4.78 is 14.6. The van der Waals surface area contributed by atoms with Crippen LogP contribution in [0.3, 0.4) is 0 Å². The summed E-state index contributed by atoms with van der Waals surface area (Å²) >= 11 is 3.43. The molecule has 0 saturated carbocycles. The predicted octanol–water partition coefficient (Wildman–Crippen LogP) is 3.96. The summed E-state index contributed by atoms with van der Waals surface area (Å²) in [6, 6.07) is 13.7. The standard InChI is InChI=1S/C18H17BrFN3O2/c1-18(11-16(24)21-15-9-4-3-8-14(15)20)22-17(23(2)25-18)12-6-5-7-13(19)10-12/h3-10H,11H2,1-2H3,(H,21,24). The fourth-order valence-electron chi connectivity index (χ4n) is 2.65. The van der Waals surface area contributed by atoms with Crippen LogP contribution in [-0.4, -0.2) is 29.6 Å². The van der Waals surface area contributed by atoms with Crippen LogP contribution in [0.25, 0.3) is 0 Å². The molecule has 3 rings (SSSR count). The van der Waals surface area contributed by atoms with Crippen molar-refractivity contribution >= 4 is 33.4 Å². The maximum atomic E-state index is 13.7. The molecule has 0 bridgehead atoms. The Morgan fingerprint density at radius 3 is 2.80 bits per heavy atom. The van der Waals surface area contributed by atoms with Gasteiger partial charge in [0.25, 0.3) is 0 Å². The molecule has 25 heavy (non-hydrogen) atoms. The molecule has 0 saturated heterocycles. The number of nitrogens with zero attached hydrogens (tertiary/aromatic N) is 2. The van der Waals surface area contributed by atoms with Crippen molar-refractivity contribution < 1.29 is 14.0 Å². The lowest BCUT2D eigenvalue weighted by Crippen LogP contribution is -2.32. The number of amides is 1. The van der Waals surface area contributed by atoms with Gasteiger partial charge in [0.05, 0.1) is 12.1 Å². The molecule has 1 atom stereocenters. The van der Waals surface area contributed by atoms with E-state index in [0.29, 0.717) is 5.84 Å². The molecular formula is C18H17BrFN3O2. The minimum atomic E-state index is -1.05. The Labute approximate surface area is 153 Å². The second kappa shape index (κ2) is 6.93. The van der Waals surface area contributed by atoms with E-state index in [1.165, 1.54) is 17.2 Å². The number of hydroxylamine groups is 2. The highest BCUT2D eigenvalue weighted by atomic mass is 79.9. The first-order valence-corrected chi connectivity index (χ1v) is 8.49. The first-order chi connectivity index (χ1) is 11.9. The molecule has 1 heterocycles. The van der Waals surface area contributed by atoms with Gasteiger partial charge in [-0.2, -0.15) is 0 Å². The minimum absolute atomic E-state index is 0.0385. The second-order valence-corrected chi connectivity index (χ2v) is 6.83. The van der Waals surface area contributed by atoms with Crippen LogP contribution in [0.15, 0.2) is 58.0 Å². The molecule has 0 spiro atoms. The van der Waals surface area contributed by atoms with Crippen molar-refractivity contribution in [3.8, 4) is 0 Å². The Kier molecular flexibility index (Phi) is 4.87. The highest BCUT2D eigenvalue weighted by Crippen LogP contribution is 2.29. The smallest absolute Gasteiger partial charge is 0.229 e. The van der Waals surface area contributed by atoms with Crippen LogP contribution in [-0.2, 0) is 9.63 Å². The highest BCUT2D eigenvalue weighted by molar-refractivity contribution is 9.10. The van der Waals surface area contributed by atoms with Gasteiger partial charge in [0.2, 0.25) is 5.91 Å². The third-order valence-electron chi connectivity index (χ3n) is 3.69. The Morgan fingerprint density at radius 2 is 2.08 bits per heavy atom. The topological polar surface area (TPSA) is 53.9 Å². The fourth-order valence-corrected chi connectivity index (χ4v) is 3.05. The monoisotopic (exact) mass is 405 g/mol. The molecule has 7 heteroatoms. The van der Waals surface area contributed by atoms with Crippen molar-refractivity contribution in [1.29, 1.82) is 0 Å². The lowest BCUT2D eigenvalue weighted by Gasteiger charge is -2.21. The number of anilines is 1. The number of amidine groups is 1. The number of benzene rings is 2. The Morgan fingerprint density at radius 1 is 1.32 bits per heavy atom. The second-order valence-electron chi connectivity index (χ2n) is 5.91. The fraction of sp³-hybridized carbons (Fsp3) is 0.222. The molecule has 0 aliphatic carbocycles. The molecule has 130 valence electrons. The number of para-hydroxylation sites is 1. The van der Waals surface area contributed by atoms with Crippen LogP contribution in [0.2, 0.25) is 0 Å². The van der Waals surface area contributed by atoms with Crippen molar-refractivity contribution in [2.45, 2.75) is 19.1 Å². The Bertz CT molecular complexity index is 843. The maximum absolute atomic E-state index is 13.7. The third kappa shape index (κ3) is 4.05. The van der Waals surface area contributed by atoms with Gasteiger partial charge in [-0.15, -0.1) is 0 Å². The van der Waals surface area contributed by atoms with Crippen molar-refractivity contribution in [3.05, 3.63) is 64.4 Å². The molecule has 2 aromatic rings. The van der Waals surface area contributed by atoms with E-state index in [2.05, 4.69) is 26.2 Å². The van der Waals surface area contributed by atoms with Gasteiger partial charge in [-0.1, -0.05) is 40.2 Å². The van der Waals surface area contributed by atoms with Gasteiger partial charge in [-0.05, 0) is 31.2 Å². The van der Waals surface area contributed by atoms with E-state index >= 15 is 0 Å². The van der Waals surface area contributed by atoms with Crippen molar-refractivity contribution in [2.24, 2.45) is 4.99 Å². The van der Waals surface area contributed by atoms with E-state index in [4.69, 9.17) is 4.84 Å². The number of aliphatic imine (C=N–C) groups is 1. The first kappa shape index (κ1) is 17.6. The van der Waals surface area contributed by atoms with Gasteiger partial charge >= 0.3 is 0 Å². The summed E-state index contributed by atoms with van der Waals surface area (Å²) in [5.74, 6) is -0.230. The third-order valence-corrected chi connectivity index (χ3v) is 4.19. The van der Waals surface area contributed by atoms with E-state index in [1.54, 1.807) is 26.1 Å². The molecule has 2 aromatic carbocycles.